The number of anilines is 1. The summed E-state index contributed by atoms with van der Waals surface area (Å²) in [5.74, 6) is 0. The zero-order valence-corrected chi connectivity index (χ0v) is 9.70. The minimum atomic E-state index is 0.840. The normalized spacial score (nSPS) is 10.1. The van der Waals surface area contributed by atoms with E-state index >= 15 is 0 Å². The molecule has 0 radical (unpaired) electrons. The highest BCUT2D eigenvalue weighted by atomic mass is 14.9. The topological polar surface area (TPSA) is 24.9 Å². The SMILES string of the molecule is Cc1ccc(NCc2ccncc2)c(C)c1. The fraction of sp³-hybridized carbons (Fsp3) is 0.214. The number of aromatic nitrogens is 1. The average Bonchev–Trinajstić information content (AvgIpc) is 2.29. The van der Waals surface area contributed by atoms with Crippen LogP contribution >= 0.6 is 0 Å². The standard InChI is InChI=1S/C14H16N2/c1-11-3-4-14(12(2)9-11)16-10-13-5-7-15-8-6-13/h3-9,16H,10H2,1-2H3. The van der Waals surface area contributed by atoms with Crippen LogP contribution in [0.15, 0.2) is 42.7 Å². The van der Waals surface area contributed by atoms with E-state index in [1.54, 1.807) is 0 Å². The maximum atomic E-state index is 4.00. The van der Waals surface area contributed by atoms with Gasteiger partial charge in [0.1, 0.15) is 0 Å². The number of hydrogen-bond donors (Lipinski definition) is 1. The van der Waals surface area contributed by atoms with Crippen molar-refractivity contribution < 1.29 is 0 Å². The van der Waals surface area contributed by atoms with Crippen LogP contribution in [0.1, 0.15) is 16.7 Å². The van der Waals surface area contributed by atoms with E-state index in [9.17, 15) is 0 Å². The molecule has 0 aliphatic carbocycles. The third-order valence-electron chi connectivity index (χ3n) is 2.61. The molecule has 0 unspecified atom stereocenters. The quantitative estimate of drug-likeness (QED) is 0.844. The Morgan fingerprint density at radius 1 is 1.06 bits per heavy atom. The van der Waals surface area contributed by atoms with E-state index in [-0.39, 0.29) is 0 Å². The third-order valence-corrected chi connectivity index (χ3v) is 2.61. The van der Waals surface area contributed by atoms with Crippen molar-refractivity contribution in [3.05, 3.63) is 59.4 Å². The molecule has 0 amide bonds. The molecular weight excluding hydrogens is 196 g/mol. The maximum absolute atomic E-state index is 4.00. The Balaban J connectivity index is 2.05. The summed E-state index contributed by atoms with van der Waals surface area (Å²) in [4.78, 5) is 4.00. The Morgan fingerprint density at radius 3 is 2.50 bits per heavy atom. The number of rotatable bonds is 3. The molecule has 0 spiro atoms. The number of benzene rings is 1. The van der Waals surface area contributed by atoms with E-state index < -0.39 is 0 Å². The highest BCUT2D eigenvalue weighted by Crippen LogP contribution is 2.16. The summed E-state index contributed by atoms with van der Waals surface area (Å²) in [6.07, 6.45) is 3.64. The molecule has 0 saturated heterocycles. The van der Waals surface area contributed by atoms with Gasteiger partial charge in [-0.1, -0.05) is 17.7 Å². The molecule has 0 bridgehead atoms. The lowest BCUT2D eigenvalue weighted by molar-refractivity contribution is 1.12. The predicted molar refractivity (Wildman–Crippen MR) is 67.5 cm³/mol. The monoisotopic (exact) mass is 212 g/mol. The number of nitrogens with zero attached hydrogens (tertiary/aromatic N) is 1. The predicted octanol–water partition coefficient (Wildman–Crippen LogP) is 3.31. The van der Waals surface area contributed by atoms with Crippen molar-refractivity contribution in [2.24, 2.45) is 0 Å². The molecule has 0 aliphatic heterocycles. The van der Waals surface area contributed by atoms with Gasteiger partial charge >= 0.3 is 0 Å². The largest absolute Gasteiger partial charge is 0.381 e. The Bertz CT molecular complexity index is 463. The zero-order valence-electron chi connectivity index (χ0n) is 9.70. The number of nitrogens with one attached hydrogen (secondary N) is 1. The molecule has 2 rings (SSSR count). The summed E-state index contributed by atoms with van der Waals surface area (Å²) in [6.45, 7) is 5.08. The molecule has 0 atom stereocenters. The first-order chi connectivity index (χ1) is 7.75. The number of pyridine rings is 1. The summed E-state index contributed by atoms with van der Waals surface area (Å²) in [5.41, 5.74) is 5.03. The highest BCUT2D eigenvalue weighted by Gasteiger charge is 1.97. The van der Waals surface area contributed by atoms with Crippen LogP contribution in [0.2, 0.25) is 0 Å². The number of aryl methyl sites for hydroxylation is 2. The van der Waals surface area contributed by atoms with Crippen molar-refractivity contribution in [1.82, 2.24) is 4.98 Å². The van der Waals surface area contributed by atoms with Crippen molar-refractivity contribution in [1.29, 1.82) is 0 Å². The van der Waals surface area contributed by atoms with Crippen LogP contribution in [0.3, 0.4) is 0 Å². The lowest BCUT2D eigenvalue weighted by Gasteiger charge is -2.10. The van der Waals surface area contributed by atoms with Gasteiger partial charge in [0.05, 0.1) is 0 Å². The molecule has 1 aromatic heterocycles. The molecule has 0 fully saturated rings. The molecule has 1 aromatic carbocycles. The molecular formula is C14H16N2. The van der Waals surface area contributed by atoms with E-state index in [0.717, 1.165) is 6.54 Å². The van der Waals surface area contributed by atoms with Crippen LogP contribution in [0.25, 0.3) is 0 Å². The summed E-state index contributed by atoms with van der Waals surface area (Å²) in [7, 11) is 0. The van der Waals surface area contributed by atoms with Crippen LogP contribution in [-0.4, -0.2) is 4.98 Å². The molecule has 0 aliphatic rings. The van der Waals surface area contributed by atoms with E-state index in [1.165, 1.54) is 22.4 Å². The van der Waals surface area contributed by atoms with Crippen LogP contribution < -0.4 is 5.32 Å². The lowest BCUT2D eigenvalue weighted by Crippen LogP contribution is -2.01. The van der Waals surface area contributed by atoms with Gasteiger partial charge in [-0.3, -0.25) is 4.98 Å². The minimum absolute atomic E-state index is 0.840. The minimum Gasteiger partial charge on any atom is -0.381 e. The third kappa shape index (κ3) is 2.60. The average molecular weight is 212 g/mol. The zero-order chi connectivity index (χ0) is 11.4. The van der Waals surface area contributed by atoms with Gasteiger partial charge in [0, 0.05) is 24.6 Å². The van der Waals surface area contributed by atoms with Gasteiger partial charge in [0.2, 0.25) is 0 Å². The van der Waals surface area contributed by atoms with Gasteiger partial charge in [-0.25, -0.2) is 0 Å². The molecule has 0 saturated carbocycles. The van der Waals surface area contributed by atoms with Gasteiger partial charge in [0.15, 0.2) is 0 Å². The molecule has 1 N–H and O–H groups in total. The van der Waals surface area contributed by atoms with Crippen LogP contribution in [0, 0.1) is 13.8 Å². The van der Waals surface area contributed by atoms with E-state index in [0.29, 0.717) is 0 Å². The summed E-state index contributed by atoms with van der Waals surface area (Å²) >= 11 is 0. The second-order valence-corrected chi connectivity index (χ2v) is 4.03. The lowest BCUT2D eigenvalue weighted by atomic mass is 10.1. The van der Waals surface area contributed by atoms with Crippen molar-refractivity contribution in [3.63, 3.8) is 0 Å². The van der Waals surface area contributed by atoms with Crippen LogP contribution in [0.4, 0.5) is 5.69 Å². The molecule has 16 heavy (non-hydrogen) atoms. The molecule has 2 nitrogen and oxygen atoms in total. The maximum Gasteiger partial charge on any atom is 0.0401 e. The molecule has 82 valence electrons. The van der Waals surface area contributed by atoms with E-state index in [1.807, 2.05) is 24.5 Å². The van der Waals surface area contributed by atoms with Crippen LogP contribution in [-0.2, 0) is 6.54 Å². The van der Waals surface area contributed by atoms with E-state index in [2.05, 4.69) is 42.3 Å². The second kappa shape index (κ2) is 4.79. The molecule has 2 aromatic rings. The summed E-state index contributed by atoms with van der Waals surface area (Å²) < 4.78 is 0. The van der Waals surface area contributed by atoms with Gasteiger partial charge in [-0.15, -0.1) is 0 Å². The first-order valence-corrected chi connectivity index (χ1v) is 5.46. The Morgan fingerprint density at radius 2 is 1.81 bits per heavy atom. The van der Waals surface area contributed by atoms with Crippen molar-refractivity contribution >= 4 is 5.69 Å². The smallest absolute Gasteiger partial charge is 0.0401 e. The summed E-state index contributed by atoms with van der Waals surface area (Å²) in [5, 5.41) is 3.43. The Labute approximate surface area is 96.4 Å². The van der Waals surface area contributed by atoms with Gasteiger partial charge in [-0.05, 0) is 43.2 Å². The van der Waals surface area contributed by atoms with Gasteiger partial charge in [0.25, 0.3) is 0 Å². The fourth-order valence-corrected chi connectivity index (χ4v) is 1.71. The fourth-order valence-electron chi connectivity index (χ4n) is 1.71. The van der Waals surface area contributed by atoms with E-state index in [4.69, 9.17) is 0 Å². The van der Waals surface area contributed by atoms with Crippen molar-refractivity contribution in [2.45, 2.75) is 20.4 Å². The molecule has 2 heteroatoms. The second-order valence-electron chi connectivity index (χ2n) is 4.03. The Kier molecular flexibility index (Phi) is 3.20. The summed E-state index contributed by atoms with van der Waals surface area (Å²) in [6, 6.07) is 10.5. The highest BCUT2D eigenvalue weighted by molar-refractivity contribution is 5.52. The first kappa shape index (κ1) is 10.7. The Hall–Kier alpha value is -1.83. The first-order valence-electron chi connectivity index (χ1n) is 5.46. The van der Waals surface area contributed by atoms with Crippen molar-refractivity contribution in [3.8, 4) is 0 Å². The molecule has 1 heterocycles. The van der Waals surface area contributed by atoms with Crippen LogP contribution in [0.5, 0.6) is 0 Å². The van der Waals surface area contributed by atoms with Gasteiger partial charge < -0.3 is 5.32 Å². The van der Waals surface area contributed by atoms with Crippen molar-refractivity contribution in [2.75, 3.05) is 5.32 Å². The number of hydrogen-bond acceptors (Lipinski definition) is 2. The van der Waals surface area contributed by atoms with Gasteiger partial charge in [-0.2, -0.15) is 0 Å².